The number of sulfonamides is 1. The molecule has 1 heterocycles. The largest absolute Gasteiger partial charge is 0.370 e. The number of nitrogens with two attached hydrogens (primary N) is 1. The average Bonchev–Trinajstić information content (AvgIpc) is 2.27. The van der Waals surface area contributed by atoms with Gasteiger partial charge in [0.15, 0.2) is 0 Å². The number of amides is 1. The molecule has 0 aromatic heterocycles. The Bertz CT molecular complexity index is 334. The number of carbonyl (C=O) groups excluding carboxylic acids is 1. The number of carbonyl (C=O) groups is 1. The third-order valence-corrected chi connectivity index (χ3v) is 4.65. The molecule has 0 aromatic carbocycles. The van der Waals surface area contributed by atoms with Crippen molar-refractivity contribution in [3.8, 4) is 0 Å². The van der Waals surface area contributed by atoms with Crippen LogP contribution in [0.5, 0.6) is 0 Å². The van der Waals surface area contributed by atoms with Crippen LogP contribution in [-0.2, 0) is 14.8 Å². The SMILES string of the molecule is CCS(=O)(=O)N1CCN(CCC(N)=O)CC1. The fraction of sp³-hybridized carbons (Fsp3) is 0.889. The molecule has 94 valence electrons. The van der Waals surface area contributed by atoms with Gasteiger partial charge in [0.25, 0.3) is 0 Å². The van der Waals surface area contributed by atoms with Gasteiger partial charge in [0, 0.05) is 39.1 Å². The zero-order valence-corrected chi connectivity index (χ0v) is 10.4. The third-order valence-electron chi connectivity index (χ3n) is 2.76. The first-order chi connectivity index (χ1) is 7.45. The molecule has 0 aromatic rings. The summed E-state index contributed by atoms with van der Waals surface area (Å²) in [6.45, 7) is 4.63. The molecule has 0 unspecified atom stereocenters. The highest BCUT2D eigenvalue weighted by Gasteiger charge is 2.25. The van der Waals surface area contributed by atoms with Gasteiger partial charge in [-0.15, -0.1) is 0 Å². The number of piperazine rings is 1. The van der Waals surface area contributed by atoms with Gasteiger partial charge < -0.3 is 10.6 Å². The smallest absolute Gasteiger partial charge is 0.218 e. The lowest BCUT2D eigenvalue weighted by Gasteiger charge is -2.33. The van der Waals surface area contributed by atoms with Gasteiger partial charge in [-0.1, -0.05) is 0 Å². The van der Waals surface area contributed by atoms with E-state index in [1.807, 2.05) is 0 Å². The Kier molecular flexibility index (Phi) is 4.69. The molecule has 1 rings (SSSR count). The molecule has 0 spiro atoms. The van der Waals surface area contributed by atoms with Gasteiger partial charge in [0.2, 0.25) is 15.9 Å². The minimum atomic E-state index is -3.06. The highest BCUT2D eigenvalue weighted by atomic mass is 32.2. The quantitative estimate of drug-likeness (QED) is 0.665. The number of hydrogen-bond acceptors (Lipinski definition) is 4. The van der Waals surface area contributed by atoms with Gasteiger partial charge in [-0.05, 0) is 6.92 Å². The highest BCUT2D eigenvalue weighted by Crippen LogP contribution is 2.07. The van der Waals surface area contributed by atoms with Crippen molar-refractivity contribution in [1.82, 2.24) is 9.21 Å². The van der Waals surface area contributed by atoms with Crippen LogP contribution < -0.4 is 5.73 Å². The molecule has 1 amide bonds. The molecular formula is C9H19N3O3S. The Morgan fingerprint density at radius 1 is 1.25 bits per heavy atom. The van der Waals surface area contributed by atoms with E-state index in [9.17, 15) is 13.2 Å². The van der Waals surface area contributed by atoms with Crippen LogP contribution in [-0.4, -0.2) is 62.0 Å². The van der Waals surface area contributed by atoms with E-state index in [1.54, 1.807) is 6.92 Å². The standard InChI is InChI=1S/C9H19N3O3S/c1-2-16(14,15)12-7-5-11(6-8-12)4-3-9(10)13/h2-8H2,1H3,(H2,10,13). The maximum absolute atomic E-state index is 11.6. The van der Waals surface area contributed by atoms with Gasteiger partial charge in [0.1, 0.15) is 0 Å². The van der Waals surface area contributed by atoms with Gasteiger partial charge in [-0.2, -0.15) is 4.31 Å². The van der Waals surface area contributed by atoms with Crippen molar-refractivity contribution < 1.29 is 13.2 Å². The summed E-state index contributed by atoms with van der Waals surface area (Å²) in [6, 6.07) is 0. The zero-order chi connectivity index (χ0) is 12.2. The van der Waals surface area contributed by atoms with Crippen molar-refractivity contribution in [2.75, 3.05) is 38.5 Å². The van der Waals surface area contributed by atoms with Crippen LogP contribution in [0.3, 0.4) is 0 Å². The van der Waals surface area contributed by atoms with Crippen LogP contribution in [0.15, 0.2) is 0 Å². The van der Waals surface area contributed by atoms with Gasteiger partial charge in [0.05, 0.1) is 5.75 Å². The molecule has 6 nitrogen and oxygen atoms in total. The minimum Gasteiger partial charge on any atom is -0.370 e. The first-order valence-electron chi connectivity index (χ1n) is 5.44. The molecule has 1 aliphatic heterocycles. The first-order valence-corrected chi connectivity index (χ1v) is 7.05. The first kappa shape index (κ1) is 13.4. The predicted molar refractivity (Wildman–Crippen MR) is 61.3 cm³/mol. The molecule has 0 atom stereocenters. The van der Waals surface area contributed by atoms with E-state index in [0.717, 1.165) is 0 Å². The monoisotopic (exact) mass is 249 g/mol. The average molecular weight is 249 g/mol. The summed E-state index contributed by atoms with van der Waals surface area (Å²) < 4.78 is 24.6. The van der Waals surface area contributed by atoms with Gasteiger partial charge >= 0.3 is 0 Å². The van der Waals surface area contributed by atoms with Gasteiger partial charge in [-0.25, -0.2) is 8.42 Å². The molecule has 0 saturated carbocycles. The number of rotatable bonds is 5. The van der Waals surface area contributed by atoms with Crippen LogP contribution >= 0.6 is 0 Å². The molecular weight excluding hydrogens is 230 g/mol. The van der Waals surface area contributed by atoms with Crippen molar-refractivity contribution in [2.24, 2.45) is 5.73 Å². The summed E-state index contributed by atoms with van der Waals surface area (Å²) in [5.41, 5.74) is 5.06. The van der Waals surface area contributed by atoms with E-state index in [4.69, 9.17) is 5.73 Å². The predicted octanol–water partition coefficient (Wildman–Crippen LogP) is -1.17. The molecule has 7 heteroatoms. The molecule has 2 N–H and O–H groups in total. The van der Waals surface area contributed by atoms with Crippen LogP contribution in [0.1, 0.15) is 13.3 Å². The fourth-order valence-electron chi connectivity index (χ4n) is 1.68. The number of primary amides is 1. The number of hydrogen-bond donors (Lipinski definition) is 1. The van der Waals surface area contributed by atoms with Crippen LogP contribution in [0.2, 0.25) is 0 Å². The third kappa shape index (κ3) is 3.73. The normalized spacial score (nSPS) is 19.8. The van der Waals surface area contributed by atoms with E-state index in [1.165, 1.54) is 4.31 Å². The minimum absolute atomic E-state index is 0.147. The zero-order valence-electron chi connectivity index (χ0n) is 9.55. The van der Waals surface area contributed by atoms with Crippen molar-refractivity contribution in [3.63, 3.8) is 0 Å². The summed E-state index contributed by atoms with van der Waals surface area (Å²) in [6.07, 6.45) is 0.334. The maximum Gasteiger partial charge on any atom is 0.218 e. The van der Waals surface area contributed by atoms with Crippen LogP contribution in [0.25, 0.3) is 0 Å². The molecule has 0 radical (unpaired) electrons. The van der Waals surface area contributed by atoms with E-state index in [2.05, 4.69) is 4.90 Å². The second-order valence-electron chi connectivity index (χ2n) is 3.86. The lowest BCUT2D eigenvalue weighted by atomic mass is 10.3. The van der Waals surface area contributed by atoms with E-state index >= 15 is 0 Å². The molecule has 0 bridgehead atoms. The molecule has 0 aliphatic carbocycles. The maximum atomic E-state index is 11.6. The van der Waals surface area contributed by atoms with Crippen molar-refractivity contribution in [3.05, 3.63) is 0 Å². The summed E-state index contributed by atoms with van der Waals surface area (Å²) in [5, 5.41) is 0. The Morgan fingerprint density at radius 2 is 1.81 bits per heavy atom. The topological polar surface area (TPSA) is 83.7 Å². The lowest BCUT2D eigenvalue weighted by molar-refractivity contribution is -0.118. The molecule has 16 heavy (non-hydrogen) atoms. The lowest BCUT2D eigenvalue weighted by Crippen LogP contribution is -2.49. The summed E-state index contributed by atoms with van der Waals surface area (Å²) >= 11 is 0. The summed E-state index contributed by atoms with van der Waals surface area (Å²) in [4.78, 5) is 12.7. The van der Waals surface area contributed by atoms with Crippen molar-refractivity contribution >= 4 is 15.9 Å². The van der Waals surface area contributed by atoms with E-state index in [-0.39, 0.29) is 11.7 Å². The number of nitrogens with zero attached hydrogens (tertiary/aromatic N) is 2. The van der Waals surface area contributed by atoms with E-state index < -0.39 is 10.0 Å². The summed E-state index contributed by atoms with van der Waals surface area (Å²) in [5.74, 6) is -0.169. The van der Waals surface area contributed by atoms with Crippen molar-refractivity contribution in [1.29, 1.82) is 0 Å². The summed E-state index contributed by atoms with van der Waals surface area (Å²) in [7, 11) is -3.06. The molecule has 1 fully saturated rings. The molecule has 1 saturated heterocycles. The fourth-order valence-corrected chi connectivity index (χ4v) is 2.77. The molecule has 1 aliphatic rings. The van der Waals surface area contributed by atoms with Crippen LogP contribution in [0, 0.1) is 0 Å². The second-order valence-corrected chi connectivity index (χ2v) is 6.12. The van der Waals surface area contributed by atoms with E-state index in [0.29, 0.717) is 39.1 Å². The Morgan fingerprint density at radius 3 is 2.25 bits per heavy atom. The highest BCUT2D eigenvalue weighted by molar-refractivity contribution is 7.89. The Balaban J connectivity index is 2.37. The Hall–Kier alpha value is -0.660. The Labute approximate surface area is 96.4 Å². The van der Waals surface area contributed by atoms with Gasteiger partial charge in [-0.3, -0.25) is 4.79 Å². The van der Waals surface area contributed by atoms with Crippen molar-refractivity contribution in [2.45, 2.75) is 13.3 Å². The van der Waals surface area contributed by atoms with Crippen LogP contribution in [0.4, 0.5) is 0 Å². The second kappa shape index (κ2) is 5.60.